The lowest BCUT2D eigenvalue weighted by molar-refractivity contribution is -0.118. The molecule has 0 saturated heterocycles. The zero-order valence-electron chi connectivity index (χ0n) is 14.7. The van der Waals surface area contributed by atoms with Crippen molar-refractivity contribution in [3.05, 3.63) is 35.0 Å². The van der Waals surface area contributed by atoms with Crippen LogP contribution in [0.4, 0.5) is 5.13 Å². The summed E-state index contributed by atoms with van der Waals surface area (Å²) < 4.78 is 0. The first-order valence-corrected chi connectivity index (χ1v) is 8.98. The van der Waals surface area contributed by atoms with E-state index in [1.54, 1.807) is 12.3 Å². The van der Waals surface area contributed by atoms with Crippen molar-refractivity contribution >= 4 is 28.3 Å². The average molecular weight is 358 g/mol. The van der Waals surface area contributed by atoms with Crippen molar-refractivity contribution in [2.75, 3.05) is 5.32 Å². The van der Waals surface area contributed by atoms with Gasteiger partial charge in [0, 0.05) is 17.1 Å². The number of hydrogen-bond acceptors (Lipinski definition) is 4. The van der Waals surface area contributed by atoms with Crippen LogP contribution in [0.25, 0.3) is 11.3 Å². The molecule has 132 valence electrons. The van der Waals surface area contributed by atoms with Crippen LogP contribution in [-0.4, -0.2) is 21.8 Å². The van der Waals surface area contributed by atoms with Gasteiger partial charge in [-0.25, -0.2) is 4.98 Å². The molecule has 2 heterocycles. The normalized spacial score (nSPS) is 20.8. The summed E-state index contributed by atoms with van der Waals surface area (Å²) in [4.78, 5) is 31.0. The molecule has 2 atom stereocenters. The molecule has 1 aliphatic rings. The molecule has 1 fully saturated rings. The first kappa shape index (κ1) is 17.4. The molecule has 1 aliphatic carbocycles. The van der Waals surface area contributed by atoms with Gasteiger partial charge in [0.1, 0.15) is 5.69 Å². The molecular formula is C18H22N4O2S. The first-order chi connectivity index (χ1) is 11.7. The number of anilines is 1. The lowest BCUT2D eigenvalue weighted by Gasteiger charge is -2.02. The predicted molar refractivity (Wildman–Crippen MR) is 99.2 cm³/mol. The van der Waals surface area contributed by atoms with Gasteiger partial charge in [0.15, 0.2) is 5.13 Å². The zero-order valence-corrected chi connectivity index (χ0v) is 15.5. The molecule has 0 aromatic carbocycles. The van der Waals surface area contributed by atoms with E-state index in [1.807, 2.05) is 19.2 Å². The highest BCUT2D eigenvalue weighted by atomic mass is 32.1. The summed E-state index contributed by atoms with van der Waals surface area (Å²) >= 11 is 1.36. The molecule has 0 radical (unpaired) electrons. The van der Waals surface area contributed by atoms with Crippen LogP contribution < -0.4 is 11.1 Å². The Hall–Kier alpha value is -2.41. The van der Waals surface area contributed by atoms with E-state index in [0.29, 0.717) is 16.5 Å². The summed E-state index contributed by atoms with van der Waals surface area (Å²) in [7, 11) is 0. The Morgan fingerprint density at radius 3 is 2.72 bits per heavy atom. The SMILES string of the molecule is CC(C)=CC1C(C(=O)Nc2nc(-c3c[nH]c(C(N)=O)c3)cs2)C1(C)C. The summed E-state index contributed by atoms with van der Waals surface area (Å²) in [6, 6.07) is 1.65. The Morgan fingerprint density at radius 2 is 2.12 bits per heavy atom. The molecule has 6 nitrogen and oxygen atoms in total. The zero-order chi connectivity index (χ0) is 18.4. The Bertz CT molecular complexity index is 858. The number of rotatable bonds is 5. The standard InChI is InChI=1S/C18H22N4O2S/c1-9(2)5-11-14(18(11,3)4)16(24)22-17-21-13(8-25-17)10-6-12(15(19)23)20-7-10/h5-8,11,14,20H,1-4H3,(H2,19,23)(H,21,22,24). The van der Waals surface area contributed by atoms with E-state index in [4.69, 9.17) is 5.73 Å². The van der Waals surface area contributed by atoms with Gasteiger partial charge in [0.2, 0.25) is 5.91 Å². The molecule has 2 amide bonds. The van der Waals surface area contributed by atoms with Gasteiger partial charge in [-0.1, -0.05) is 25.5 Å². The monoisotopic (exact) mass is 358 g/mol. The van der Waals surface area contributed by atoms with Crippen LogP contribution in [-0.2, 0) is 4.79 Å². The fourth-order valence-corrected chi connectivity index (χ4v) is 3.90. The smallest absolute Gasteiger partial charge is 0.265 e. The molecule has 4 N–H and O–H groups in total. The topological polar surface area (TPSA) is 101 Å². The number of nitrogens with two attached hydrogens (primary N) is 1. The second kappa shape index (κ2) is 6.15. The van der Waals surface area contributed by atoms with Crippen LogP contribution in [0.1, 0.15) is 38.2 Å². The van der Waals surface area contributed by atoms with Crippen LogP contribution in [0.2, 0.25) is 0 Å². The number of amides is 2. The van der Waals surface area contributed by atoms with Crippen molar-refractivity contribution in [2.24, 2.45) is 23.0 Å². The minimum Gasteiger partial charge on any atom is -0.364 e. The van der Waals surface area contributed by atoms with Gasteiger partial charge in [-0.2, -0.15) is 0 Å². The first-order valence-electron chi connectivity index (χ1n) is 8.10. The van der Waals surface area contributed by atoms with Crippen molar-refractivity contribution < 1.29 is 9.59 Å². The third kappa shape index (κ3) is 3.37. The average Bonchev–Trinajstić information content (AvgIpc) is 2.96. The largest absolute Gasteiger partial charge is 0.364 e. The second-order valence-electron chi connectivity index (χ2n) is 7.26. The number of carbonyl (C=O) groups is 2. The maximum atomic E-state index is 12.6. The molecule has 2 aromatic rings. The van der Waals surface area contributed by atoms with E-state index < -0.39 is 5.91 Å². The quantitative estimate of drug-likeness (QED) is 0.714. The lowest BCUT2D eigenvalue weighted by atomic mass is 10.1. The number of H-pyrrole nitrogens is 1. The van der Waals surface area contributed by atoms with Gasteiger partial charge in [-0.15, -0.1) is 11.3 Å². The van der Waals surface area contributed by atoms with Crippen molar-refractivity contribution in [2.45, 2.75) is 27.7 Å². The number of aromatic nitrogens is 2. The highest BCUT2D eigenvalue weighted by Gasteiger charge is 2.60. The fourth-order valence-electron chi connectivity index (χ4n) is 3.18. The summed E-state index contributed by atoms with van der Waals surface area (Å²) in [5.74, 6) is -0.292. The van der Waals surface area contributed by atoms with Crippen molar-refractivity contribution in [3.63, 3.8) is 0 Å². The van der Waals surface area contributed by atoms with E-state index in [9.17, 15) is 9.59 Å². The van der Waals surface area contributed by atoms with E-state index in [0.717, 1.165) is 5.56 Å². The number of aromatic amines is 1. The van der Waals surface area contributed by atoms with Gasteiger partial charge in [-0.05, 0) is 31.2 Å². The molecule has 7 heteroatoms. The van der Waals surface area contributed by atoms with Gasteiger partial charge in [0.25, 0.3) is 5.91 Å². The van der Waals surface area contributed by atoms with Crippen LogP contribution in [0, 0.1) is 17.3 Å². The molecular weight excluding hydrogens is 336 g/mol. The molecule has 25 heavy (non-hydrogen) atoms. The highest BCUT2D eigenvalue weighted by Crippen LogP contribution is 2.59. The van der Waals surface area contributed by atoms with E-state index >= 15 is 0 Å². The molecule has 3 rings (SSSR count). The van der Waals surface area contributed by atoms with Crippen LogP contribution >= 0.6 is 11.3 Å². The highest BCUT2D eigenvalue weighted by molar-refractivity contribution is 7.14. The summed E-state index contributed by atoms with van der Waals surface area (Å²) in [5.41, 5.74) is 8.22. The van der Waals surface area contributed by atoms with Crippen molar-refractivity contribution in [1.29, 1.82) is 0 Å². The van der Waals surface area contributed by atoms with Gasteiger partial charge in [-0.3, -0.25) is 9.59 Å². The third-order valence-electron chi connectivity index (χ3n) is 4.68. The van der Waals surface area contributed by atoms with Crippen molar-refractivity contribution in [1.82, 2.24) is 9.97 Å². The Balaban J connectivity index is 1.70. The van der Waals surface area contributed by atoms with E-state index in [2.05, 4.69) is 35.2 Å². The summed E-state index contributed by atoms with van der Waals surface area (Å²) in [6.07, 6.45) is 3.85. The number of carbonyl (C=O) groups excluding carboxylic acids is 2. The van der Waals surface area contributed by atoms with Gasteiger partial charge in [0.05, 0.1) is 11.6 Å². The Morgan fingerprint density at radius 1 is 1.40 bits per heavy atom. The minimum absolute atomic E-state index is 0.000272. The molecule has 2 unspecified atom stereocenters. The number of hydrogen-bond donors (Lipinski definition) is 3. The van der Waals surface area contributed by atoms with E-state index in [1.165, 1.54) is 16.9 Å². The molecule has 0 bridgehead atoms. The summed E-state index contributed by atoms with van der Waals surface area (Å²) in [6.45, 7) is 8.32. The third-order valence-corrected chi connectivity index (χ3v) is 5.44. The number of nitrogens with one attached hydrogen (secondary N) is 2. The minimum atomic E-state index is -0.517. The molecule has 1 saturated carbocycles. The van der Waals surface area contributed by atoms with Crippen LogP contribution in [0.5, 0.6) is 0 Å². The second-order valence-corrected chi connectivity index (χ2v) is 8.12. The Labute approximate surface area is 150 Å². The number of nitrogens with zero attached hydrogens (tertiary/aromatic N) is 1. The van der Waals surface area contributed by atoms with Crippen LogP contribution in [0.3, 0.4) is 0 Å². The number of allylic oxidation sites excluding steroid dienone is 2. The predicted octanol–water partition coefficient (Wildman–Crippen LogP) is 3.41. The van der Waals surface area contributed by atoms with Crippen LogP contribution in [0.15, 0.2) is 29.3 Å². The fraction of sp³-hybridized carbons (Fsp3) is 0.389. The maximum absolute atomic E-state index is 12.6. The summed E-state index contributed by atoms with van der Waals surface area (Å²) in [5, 5.41) is 5.32. The van der Waals surface area contributed by atoms with Gasteiger partial charge >= 0.3 is 0 Å². The molecule has 0 aliphatic heterocycles. The van der Waals surface area contributed by atoms with Crippen molar-refractivity contribution in [3.8, 4) is 11.3 Å². The van der Waals surface area contributed by atoms with Gasteiger partial charge < -0.3 is 16.0 Å². The van der Waals surface area contributed by atoms with E-state index in [-0.39, 0.29) is 23.2 Å². The molecule has 0 spiro atoms. The molecule has 2 aromatic heterocycles. The Kier molecular flexibility index (Phi) is 4.28. The number of thiazole rings is 1. The maximum Gasteiger partial charge on any atom is 0.265 e. The number of primary amides is 1. The lowest BCUT2D eigenvalue weighted by Crippen LogP contribution is -2.16.